The van der Waals surface area contributed by atoms with Crippen LogP contribution in [0, 0.1) is 17.3 Å². The number of hydrogen-bond donors (Lipinski definition) is 2. The van der Waals surface area contributed by atoms with E-state index in [0.717, 1.165) is 38.0 Å². The summed E-state index contributed by atoms with van der Waals surface area (Å²) in [5.74, 6) is 1.48. The van der Waals surface area contributed by atoms with Crippen LogP contribution in [0.1, 0.15) is 58.3 Å². The maximum Gasteiger partial charge on any atom is 0.0765 e. The van der Waals surface area contributed by atoms with Gasteiger partial charge >= 0.3 is 0 Å². The summed E-state index contributed by atoms with van der Waals surface area (Å²) in [6, 6.07) is 0. The largest absolute Gasteiger partial charge is 0.389 e. The molecule has 1 heterocycles. The molecule has 0 radical (unpaired) electrons. The summed E-state index contributed by atoms with van der Waals surface area (Å²) in [6.07, 6.45) is 9.13. The Hall–Kier alpha value is -0.120. The first-order valence-corrected chi connectivity index (χ1v) is 8.17. The Labute approximate surface area is 116 Å². The quantitative estimate of drug-likeness (QED) is 0.822. The van der Waals surface area contributed by atoms with Gasteiger partial charge in [-0.2, -0.15) is 0 Å². The van der Waals surface area contributed by atoms with Crippen LogP contribution in [-0.2, 0) is 4.74 Å². The zero-order valence-corrected chi connectivity index (χ0v) is 12.2. The Kier molecular flexibility index (Phi) is 3.65. The van der Waals surface area contributed by atoms with Gasteiger partial charge < -0.3 is 15.6 Å². The molecule has 1 saturated heterocycles. The molecular weight excluding hydrogens is 238 g/mol. The molecule has 0 spiro atoms. The molecule has 5 unspecified atom stereocenters. The topological polar surface area (TPSA) is 55.5 Å². The van der Waals surface area contributed by atoms with Crippen LogP contribution in [-0.4, -0.2) is 30.0 Å². The minimum absolute atomic E-state index is 0.00825. The smallest absolute Gasteiger partial charge is 0.0765 e. The van der Waals surface area contributed by atoms with E-state index in [1.54, 1.807) is 0 Å². The van der Waals surface area contributed by atoms with Gasteiger partial charge in [-0.25, -0.2) is 0 Å². The van der Waals surface area contributed by atoms with E-state index in [1.165, 1.54) is 19.3 Å². The summed E-state index contributed by atoms with van der Waals surface area (Å²) in [6.45, 7) is 3.55. The van der Waals surface area contributed by atoms with Crippen LogP contribution in [0.25, 0.3) is 0 Å². The molecule has 3 heteroatoms. The second-order valence-corrected chi connectivity index (χ2v) is 7.21. The Morgan fingerprint density at radius 1 is 1.32 bits per heavy atom. The Balaban J connectivity index is 1.81. The summed E-state index contributed by atoms with van der Waals surface area (Å²) < 4.78 is 5.84. The van der Waals surface area contributed by atoms with Crippen LogP contribution < -0.4 is 5.73 Å². The van der Waals surface area contributed by atoms with Crippen LogP contribution in [0.3, 0.4) is 0 Å². The molecule has 2 aliphatic carbocycles. The summed E-state index contributed by atoms with van der Waals surface area (Å²) in [7, 11) is 0. The van der Waals surface area contributed by atoms with Gasteiger partial charge in [-0.15, -0.1) is 0 Å². The van der Waals surface area contributed by atoms with Crippen molar-refractivity contribution in [1.29, 1.82) is 0 Å². The third-order valence-corrected chi connectivity index (χ3v) is 6.31. The summed E-state index contributed by atoms with van der Waals surface area (Å²) in [5, 5.41) is 11.4. The van der Waals surface area contributed by atoms with E-state index in [2.05, 4.69) is 6.92 Å². The van der Waals surface area contributed by atoms with Crippen molar-refractivity contribution in [3.05, 3.63) is 0 Å². The number of rotatable bonds is 4. The van der Waals surface area contributed by atoms with Crippen LogP contribution in [0.5, 0.6) is 0 Å². The van der Waals surface area contributed by atoms with Crippen molar-refractivity contribution in [3.63, 3.8) is 0 Å². The van der Waals surface area contributed by atoms with Crippen molar-refractivity contribution < 1.29 is 9.84 Å². The summed E-state index contributed by atoms with van der Waals surface area (Å²) in [5.41, 5.74) is 5.61. The van der Waals surface area contributed by atoms with E-state index < -0.39 is 5.60 Å². The lowest BCUT2D eigenvalue weighted by molar-refractivity contribution is -0.182. The lowest BCUT2D eigenvalue weighted by atomic mass is 9.59. The van der Waals surface area contributed by atoms with Gasteiger partial charge in [0.1, 0.15) is 0 Å². The second-order valence-electron chi connectivity index (χ2n) is 7.21. The molecule has 2 bridgehead atoms. The van der Waals surface area contributed by atoms with E-state index in [0.29, 0.717) is 19.1 Å². The highest BCUT2D eigenvalue weighted by Crippen LogP contribution is 2.62. The molecule has 2 saturated carbocycles. The van der Waals surface area contributed by atoms with Gasteiger partial charge in [0.25, 0.3) is 0 Å². The second kappa shape index (κ2) is 5.01. The van der Waals surface area contributed by atoms with Crippen molar-refractivity contribution in [1.82, 2.24) is 0 Å². The first-order chi connectivity index (χ1) is 9.13. The number of fused-ring (bicyclic) bond motifs is 2. The maximum absolute atomic E-state index is 11.4. The molecule has 0 aromatic heterocycles. The van der Waals surface area contributed by atoms with Gasteiger partial charge in [0.15, 0.2) is 0 Å². The highest BCUT2D eigenvalue weighted by Gasteiger charge is 2.61. The standard InChI is InChI=1S/C16H29NO2/c1-2-3-14-10-16(18,6-7-19-14)15(11-17)9-12-4-5-13(15)8-12/h12-14,18H,2-11,17H2,1H3. The molecule has 19 heavy (non-hydrogen) atoms. The predicted octanol–water partition coefficient (Wildman–Crippen LogP) is 2.46. The Morgan fingerprint density at radius 2 is 2.16 bits per heavy atom. The molecular formula is C16H29NO2. The number of hydrogen-bond acceptors (Lipinski definition) is 3. The first-order valence-electron chi connectivity index (χ1n) is 8.17. The summed E-state index contributed by atoms with van der Waals surface area (Å²) >= 11 is 0. The van der Waals surface area contributed by atoms with Crippen molar-refractivity contribution in [2.75, 3.05) is 13.2 Å². The highest BCUT2D eigenvalue weighted by atomic mass is 16.5. The predicted molar refractivity (Wildman–Crippen MR) is 75.8 cm³/mol. The van der Waals surface area contributed by atoms with Gasteiger partial charge in [-0.3, -0.25) is 0 Å². The lowest BCUT2D eigenvalue weighted by Gasteiger charge is -2.53. The fraction of sp³-hybridized carbons (Fsp3) is 1.00. The van der Waals surface area contributed by atoms with Crippen molar-refractivity contribution in [3.8, 4) is 0 Å². The molecule has 3 N–H and O–H groups in total. The molecule has 1 aliphatic heterocycles. The zero-order valence-electron chi connectivity index (χ0n) is 12.2. The molecule has 110 valence electrons. The number of ether oxygens (including phenoxy) is 1. The molecule has 0 aromatic carbocycles. The summed E-state index contributed by atoms with van der Waals surface area (Å²) in [4.78, 5) is 0. The molecule has 3 nitrogen and oxygen atoms in total. The van der Waals surface area contributed by atoms with Gasteiger partial charge in [0, 0.05) is 31.4 Å². The lowest BCUT2D eigenvalue weighted by Crippen LogP contribution is -2.59. The maximum atomic E-state index is 11.4. The normalized spacial score (nSPS) is 49.7. The van der Waals surface area contributed by atoms with Crippen molar-refractivity contribution in [2.45, 2.75) is 70.0 Å². The van der Waals surface area contributed by atoms with Gasteiger partial charge in [0.05, 0.1) is 11.7 Å². The van der Waals surface area contributed by atoms with Crippen LogP contribution in [0.15, 0.2) is 0 Å². The third kappa shape index (κ3) is 2.05. The molecule has 3 aliphatic rings. The molecule has 0 aromatic rings. The minimum atomic E-state index is -0.570. The van der Waals surface area contributed by atoms with E-state index in [4.69, 9.17) is 10.5 Å². The van der Waals surface area contributed by atoms with Crippen LogP contribution >= 0.6 is 0 Å². The molecule has 0 amide bonds. The zero-order chi connectivity index (χ0) is 13.5. The molecule has 5 atom stereocenters. The number of aliphatic hydroxyl groups is 1. The van der Waals surface area contributed by atoms with Crippen LogP contribution in [0.2, 0.25) is 0 Å². The SMILES string of the molecule is CCCC1CC(O)(C2(CN)CC3CCC2C3)CCO1. The fourth-order valence-electron chi connectivity index (χ4n) is 5.35. The highest BCUT2D eigenvalue weighted by molar-refractivity contribution is 5.12. The van der Waals surface area contributed by atoms with Crippen LogP contribution in [0.4, 0.5) is 0 Å². The van der Waals surface area contributed by atoms with Gasteiger partial charge in [-0.05, 0) is 37.5 Å². The first kappa shape index (κ1) is 13.8. The van der Waals surface area contributed by atoms with Gasteiger partial charge in [0.2, 0.25) is 0 Å². The average Bonchev–Trinajstić information content (AvgIpc) is 3.00. The van der Waals surface area contributed by atoms with E-state index in [1.807, 2.05) is 0 Å². The van der Waals surface area contributed by atoms with E-state index >= 15 is 0 Å². The fourth-order valence-corrected chi connectivity index (χ4v) is 5.35. The van der Waals surface area contributed by atoms with E-state index in [9.17, 15) is 5.11 Å². The molecule has 3 fully saturated rings. The van der Waals surface area contributed by atoms with Crippen molar-refractivity contribution >= 4 is 0 Å². The number of nitrogens with two attached hydrogens (primary N) is 1. The van der Waals surface area contributed by atoms with Gasteiger partial charge in [-0.1, -0.05) is 19.8 Å². The molecule has 3 rings (SSSR count). The Bertz CT molecular complexity index is 333. The third-order valence-electron chi connectivity index (χ3n) is 6.31. The Morgan fingerprint density at radius 3 is 2.74 bits per heavy atom. The van der Waals surface area contributed by atoms with E-state index in [-0.39, 0.29) is 11.5 Å². The monoisotopic (exact) mass is 267 g/mol. The average molecular weight is 267 g/mol. The minimum Gasteiger partial charge on any atom is -0.389 e. The van der Waals surface area contributed by atoms with Crippen molar-refractivity contribution in [2.24, 2.45) is 23.0 Å².